The first kappa shape index (κ1) is 18.5. The van der Waals surface area contributed by atoms with Crippen molar-refractivity contribution in [3.05, 3.63) is 55.3 Å². The van der Waals surface area contributed by atoms with Crippen molar-refractivity contribution in [3.63, 3.8) is 0 Å². The number of fused-ring (bicyclic) bond motifs is 1. The SMILES string of the molecule is FC(F)(F)c1cn2c(-c3nccc(N4CCCC(n5ccnc5)C4)n3)cnc2cn1. The van der Waals surface area contributed by atoms with Gasteiger partial charge in [0.2, 0.25) is 0 Å². The Bertz CT molecular complexity index is 1170. The zero-order valence-corrected chi connectivity index (χ0v) is 15.7. The van der Waals surface area contributed by atoms with Crippen LogP contribution in [0.15, 0.2) is 49.6 Å². The van der Waals surface area contributed by atoms with Crippen molar-refractivity contribution in [1.82, 2.24) is 33.9 Å². The summed E-state index contributed by atoms with van der Waals surface area (Å²) in [7, 11) is 0. The van der Waals surface area contributed by atoms with Gasteiger partial charge in [0.1, 0.15) is 11.5 Å². The van der Waals surface area contributed by atoms with Crippen LogP contribution in [0.4, 0.5) is 19.0 Å². The van der Waals surface area contributed by atoms with Crippen LogP contribution in [-0.2, 0) is 6.18 Å². The zero-order valence-electron chi connectivity index (χ0n) is 15.7. The predicted octanol–water partition coefficient (Wildman–Crippen LogP) is 3.24. The summed E-state index contributed by atoms with van der Waals surface area (Å²) in [5.74, 6) is 1.04. The number of aromatic nitrogens is 7. The molecule has 154 valence electrons. The van der Waals surface area contributed by atoms with E-state index in [1.54, 1.807) is 12.4 Å². The average molecular weight is 414 g/mol. The summed E-state index contributed by atoms with van der Waals surface area (Å²) < 4.78 is 42.6. The standard InChI is InChI=1S/C19H17F3N8/c20-19(21,22)15-11-30-14(8-26-17(30)9-25-15)18-24-4-3-16(27-18)28-6-1-2-13(10-28)29-7-5-23-12-29/h3-5,7-9,11-13H,1-2,6,10H2. The Morgan fingerprint density at radius 3 is 2.77 bits per heavy atom. The van der Waals surface area contributed by atoms with Gasteiger partial charge in [0.05, 0.1) is 24.8 Å². The van der Waals surface area contributed by atoms with Gasteiger partial charge >= 0.3 is 6.18 Å². The first-order chi connectivity index (χ1) is 14.5. The molecule has 5 heterocycles. The maximum atomic E-state index is 13.1. The van der Waals surface area contributed by atoms with E-state index in [2.05, 4.69) is 34.4 Å². The molecule has 4 aromatic heterocycles. The van der Waals surface area contributed by atoms with Gasteiger partial charge < -0.3 is 9.47 Å². The smallest absolute Gasteiger partial charge is 0.354 e. The second-order valence-electron chi connectivity index (χ2n) is 7.13. The molecule has 0 saturated carbocycles. The molecule has 0 radical (unpaired) electrons. The fraction of sp³-hybridized carbons (Fsp3) is 0.316. The summed E-state index contributed by atoms with van der Waals surface area (Å²) in [4.78, 5) is 22.8. The van der Waals surface area contributed by atoms with Gasteiger partial charge in [0, 0.05) is 37.9 Å². The van der Waals surface area contributed by atoms with Gasteiger partial charge in [-0.25, -0.2) is 24.9 Å². The highest BCUT2D eigenvalue weighted by molar-refractivity contribution is 5.58. The zero-order chi connectivity index (χ0) is 20.7. The van der Waals surface area contributed by atoms with Crippen LogP contribution in [0.3, 0.4) is 0 Å². The molecule has 0 N–H and O–H groups in total. The summed E-state index contributed by atoms with van der Waals surface area (Å²) in [6.07, 6.45) is 8.11. The predicted molar refractivity (Wildman–Crippen MR) is 102 cm³/mol. The molecule has 1 unspecified atom stereocenters. The normalized spacial score (nSPS) is 17.6. The Balaban J connectivity index is 1.48. The molecule has 30 heavy (non-hydrogen) atoms. The fourth-order valence-corrected chi connectivity index (χ4v) is 3.74. The molecule has 0 bridgehead atoms. The van der Waals surface area contributed by atoms with Crippen molar-refractivity contribution in [3.8, 4) is 11.5 Å². The average Bonchev–Trinajstić information content (AvgIpc) is 3.43. The molecule has 4 aromatic rings. The third kappa shape index (κ3) is 3.36. The number of alkyl halides is 3. The first-order valence-electron chi connectivity index (χ1n) is 9.45. The molecule has 0 aromatic carbocycles. The van der Waals surface area contributed by atoms with Crippen LogP contribution < -0.4 is 4.90 Å². The highest BCUT2D eigenvalue weighted by Crippen LogP contribution is 2.29. The number of rotatable bonds is 3. The minimum Gasteiger partial charge on any atom is -0.354 e. The van der Waals surface area contributed by atoms with Gasteiger partial charge in [-0.1, -0.05) is 0 Å². The lowest BCUT2D eigenvalue weighted by Crippen LogP contribution is -2.36. The van der Waals surface area contributed by atoms with Crippen molar-refractivity contribution < 1.29 is 13.2 Å². The van der Waals surface area contributed by atoms with E-state index in [-0.39, 0.29) is 6.04 Å². The van der Waals surface area contributed by atoms with Gasteiger partial charge in [-0.2, -0.15) is 13.2 Å². The molecular weight excluding hydrogens is 397 g/mol. The molecule has 0 spiro atoms. The minimum absolute atomic E-state index is 0.288. The molecular formula is C19H17F3N8. The first-order valence-corrected chi connectivity index (χ1v) is 9.45. The maximum absolute atomic E-state index is 13.1. The van der Waals surface area contributed by atoms with Crippen LogP contribution in [0.5, 0.6) is 0 Å². The molecule has 11 heteroatoms. The van der Waals surface area contributed by atoms with E-state index in [1.807, 2.05) is 18.6 Å². The van der Waals surface area contributed by atoms with Crippen LogP contribution >= 0.6 is 0 Å². The van der Waals surface area contributed by atoms with Gasteiger partial charge in [-0.3, -0.25) is 4.40 Å². The molecule has 1 atom stereocenters. The molecule has 5 rings (SSSR count). The third-order valence-electron chi connectivity index (χ3n) is 5.22. The molecule has 1 aliphatic rings. The van der Waals surface area contributed by atoms with Crippen LogP contribution in [0.1, 0.15) is 24.6 Å². The minimum atomic E-state index is -4.55. The second-order valence-corrected chi connectivity index (χ2v) is 7.13. The molecule has 1 fully saturated rings. The third-order valence-corrected chi connectivity index (χ3v) is 5.22. The number of anilines is 1. The van der Waals surface area contributed by atoms with Gasteiger partial charge in [0.25, 0.3) is 0 Å². The van der Waals surface area contributed by atoms with E-state index >= 15 is 0 Å². The number of piperidine rings is 1. The highest BCUT2D eigenvalue weighted by Gasteiger charge is 2.33. The molecule has 0 amide bonds. The summed E-state index contributed by atoms with van der Waals surface area (Å²) >= 11 is 0. The molecule has 1 aliphatic heterocycles. The second kappa shape index (κ2) is 7.08. The molecule has 8 nitrogen and oxygen atoms in total. The monoisotopic (exact) mass is 414 g/mol. The highest BCUT2D eigenvalue weighted by atomic mass is 19.4. The van der Waals surface area contributed by atoms with Crippen molar-refractivity contribution in [2.24, 2.45) is 0 Å². The topological polar surface area (TPSA) is 77.0 Å². The number of halogens is 3. The largest absolute Gasteiger partial charge is 0.434 e. The Kier molecular flexibility index (Phi) is 4.37. The van der Waals surface area contributed by atoms with Crippen LogP contribution in [0, 0.1) is 0 Å². The summed E-state index contributed by atoms with van der Waals surface area (Å²) in [6.45, 7) is 1.61. The van der Waals surface area contributed by atoms with Gasteiger partial charge in [-0.15, -0.1) is 0 Å². The fourth-order valence-electron chi connectivity index (χ4n) is 3.74. The summed E-state index contributed by atoms with van der Waals surface area (Å²) in [5.41, 5.74) is -0.322. The van der Waals surface area contributed by atoms with Crippen LogP contribution in [0.25, 0.3) is 17.2 Å². The Morgan fingerprint density at radius 2 is 1.97 bits per heavy atom. The molecule has 1 saturated heterocycles. The number of nitrogens with zero attached hydrogens (tertiary/aromatic N) is 8. The molecule has 0 aliphatic carbocycles. The van der Waals surface area contributed by atoms with E-state index in [0.29, 0.717) is 17.2 Å². The van der Waals surface area contributed by atoms with E-state index < -0.39 is 11.9 Å². The maximum Gasteiger partial charge on any atom is 0.434 e. The van der Waals surface area contributed by atoms with Crippen LogP contribution in [0.2, 0.25) is 0 Å². The quantitative estimate of drug-likeness (QED) is 0.512. The van der Waals surface area contributed by atoms with E-state index in [9.17, 15) is 13.2 Å². The van der Waals surface area contributed by atoms with Crippen molar-refractivity contribution in [2.45, 2.75) is 25.1 Å². The lowest BCUT2D eigenvalue weighted by Gasteiger charge is -2.34. The Hall–Kier alpha value is -3.50. The van der Waals surface area contributed by atoms with Gasteiger partial charge in [0.15, 0.2) is 17.2 Å². The lowest BCUT2D eigenvalue weighted by atomic mass is 10.1. The number of hydrogen-bond acceptors (Lipinski definition) is 6. The summed E-state index contributed by atoms with van der Waals surface area (Å²) in [5, 5.41) is 0. The van der Waals surface area contributed by atoms with Gasteiger partial charge in [-0.05, 0) is 18.9 Å². The Labute approximate surface area is 169 Å². The van der Waals surface area contributed by atoms with E-state index in [0.717, 1.165) is 44.1 Å². The van der Waals surface area contributed by atoms with Crippen molar-refractivity contribution in [1.29, 1.82) is 0 Å². The number of hydrogen-bond donors (Lipinski definition) is 0. The lowest BCUT2D eigenvalue weighted by molar-refractivity contribution is -0.141. The number of imidazole rings is 2. The van der Waals surface area contributed by atoms with E-state index in [4.69, 9.17) is 0 Å². The van der Waals surface area contributed by atoms with Crippen molar-refractivity contribution in [2.75, 3.05) is 18.0 Å². The Morgan fingerprint density at radius 1 is 1.07 bits per heavy atom. The van der Waals surface area contributed by atoms with Crippen LogP contribution in [-0.4, -0.2) is 47.0 Å². The van der Waals surface area contributed by atoms with E-state index in [1.165, 1.54) is 10.6 Å². The van der Waals surface area contributed by atoms with Crippen molar-refractivity contribution >= 4 is 11.5 Å². The summed E-state index contributed by atoms with van der Waals surface area (Å²) in [6, 6.07) is 2.10.